The Balaban J connectivity index is 2.50. The molecule has 0 aromatic rings. The molecule has 0 spiro atoms. The van der Waals surface area contributed by atoms with Crippen LogP contribution in [0.4, 0.5) is 4.79 Å². The summed E-state index contributed by atoms with van der Waals surface area (Å²) in [4.78, 5) is 23.2. The summed E-state index contributed by atoms with van der Waals surface area (Å²) >= 11 is 0. The third-order valence-corrected chi connectivity index (χ3v) is 1.96. The highest BCUT2D eigenvalue weighted by Gasteiger charge is 2.30. The summed E-state index contributed by atoms with van der Waals surface area (Å²) in [6.07, 6.45) is 2.86. The maximum atomic E-state index is 11.3. The van der Waals surface area contributed by atoms with Gasteiger partial charge in [0.25, 0.3) is 0 Å². The smallest absolute Gasteiger partial charge is 0.410 e. The first-order valence-electron chi connectivity index (χ1n) is 4.50. The summed E-state index contributed by atoms with van der Waals surface area (Å²) in [6, 6.07) is -0.397. The zero-order valence-electron chi connectivity index (χ0n) is 7.95. The number of rotatable bonds is 2. The van der Waals surface area contributed by atoms with Gasteiger partial charge in [-0.25, -0.2) is 4.79 Å². The van der Waals surface area contributed by atoms with Gasteiger partial charge in [-0.3, -0.25) is 9.69 Å². The lowest BCUT2D eigenvalue weighted by molar-refractivity contribution is 0.0791. The Bertz CT molecular complexity index is 203. The van der Waals surface area contributed by atoms with Crippen LogP contribution in [-0.2, 0) is 9.53 Å². The number of likely N-dealkylation sites (tertiary alicyclic amines) is 1. The Hall–Kier alpha value is -1.06. The molecule has 1 aliphatic heterocycles. The SMILES string of the molecule is CC(C)OC(=O)N1CCCC1[C]=O. The second-order valence-corrected chi connectivity index (χ2v) is 3.40. The lowest BCUT2D eigenvalue weighted by atomic mass is 10.2. The van der Waals surface area contributed by atoms with Gasteiger partial charge >= 0.3 is 6.09 Å². The van der Waals surface area contributed by atoms with Crippen LogP contribution >= 0.6 is 0 Å². The second-order valence-electron chi connectivity index (χ2n) is 3.40. The molecule has 1 saturated heterocycles. The van der Waals surface area contributed by atoms with Gasteiger partial charge in [-0.1, -0.05) is 0 Å². The molecule has 0 aliphatic carbocycles. The molecule has 1 heterocycles. The summed E-state index contributed by atoms with van der Waals surface area (Å²) < 4.78 is 4.97. The van der Waals surface area contributed by atoms with E-state index in [0.29, 0.717) is 13.0 Å². The lowest BCUT2D eigenvalue weighted by Gasteiger charge is -2.20. The van der Waals surface area contributed by atoms with Crippen LogP contribution in [0.5, 0.6) is 0 Å². The minimum atomic E-state index is -0.402. The van der Waals surface area contributed by atoms with Crippen LogP contribution in [-0.4, -0.2) is 36.0 Å². The molecule has 1 unspecified atom stereocenters. The molecule has 0 bridgehead atoms. The van der Waals surface area contributed by atoms with Gasteiger partial charge in [0.05, 0.1) is 6.10 Å². The fourth-order valence-corrected chi connectivity index (χ4v) is 1.38. The van der Waals surface area contributed by atoms with Gasteiger partial charge in [0, 0.05) is 6.54 Å². The van der Waals surface area contributed by atoms with Crippen molar-refractivity contribution in [3.63, 3.8) is 0 Å². The van der Waals surface area contributed by atoms with E-state index in [1.807, 2.05) is 6.29 Å². The van der Waals surface area contributed by atoms with Gasteiger partial charge in [-0.05, 0) is 26.7 Å². The molecular weight excluding hydrogens is 170 g/mol. The summed E-state index contributed by atoms with van der Waals surface area (Å²) in [5.74, 6) is 0. The van der Waals surface area contributed by atoms with E-state index in [0.717, 1.165) is 6.42 Å². The van der Waals surface area contributed by atoms with E-state index in [9.17, 15) is 9.59 Å². The number of hydrogen-bond acceptors (Lipinski definition) is 3. The van der Waals surface area contributed by atoms with Gasteiger partial charge in [-0.2, -0.15) is 0 Å². The summed E-state index contributed by atoms with van der Waals surface area (Å²) in [5.41, 5.74) is 0. The Kier molecular flexibility index (Phi) is 3.28. The fourth-order valence-electron chi connectivity index (χ4n) is 1.38. The van der Waals surface area contributed by atoms with E-state index >= 15 is 0 Å². The minimum absolute atomic E-state index is 0.139. The zero-order valence-corrected chi connectivity index (χ0v) is 7.95. The molecular formula is C9H14NO3. The average molecular weight is 184 g/mol. The number of ether oxygens (including phenoxy) is 1. The van der Waals surface area contributed by atoms with Gasteiger partial charge in [-0.15, -0.1) is 0 Å². The first-order valence-corrected chi connectivity index (χ1v) is 4.50. The van der Waals surface area contributed by atoms with Gasteiger partial charge in [0.15, 0.2) is 0 Å². The third kappa shape index (κ3) is 2.44. The highest BCUT2D eigenvalue weighted by Crippen LogP contribution is 2.16. The van der Waals surface area contributed by atoms with Crippen LogP contribution in [0.3, 0.4) is 0 Å². The largest absolute Gasteiger partial charge is 0.447 e. The predicted octanol–water partition coefficient (Wildman–Crippen LogP) is 1.11. The van der Waals surface area contributed by atoms with Crippen molar-refractivity contribution in [1.29, 1.82) is 0 Å². The van der Waals surface area contributed by atoms with Crippen LogP contribution in [0.1, 0.15) is 26.7 Å². The molecule has 4 heteroatoms. The standard InChI is InChI=1S/C9H14NO3/c1-7(2)13-9(12)10-5-3-4-8(10)6-11/h7-8H,3-5H2,1-2H3. The van der Waals surface area contributed by atoms with Crippen molar-refractivity contribution in [3.05, 3.63) is 0 Å². The molecule has 0 N–H and O–H groups in total. The number of carbonyl (C=O) groups is 1. The molecule has 0 aromatic carbocycles. The van der Waals surface area contributed by atoms with Crippen molar-refractivity contribution in [2.24, 2.45) is 0 Å². The van der Waals surface area contributed by atoms with E-state index in [1.165, 1.54) is 4.90 Å². The quantitative estimate of drug-likeness (QED) is 0.645. The molecule has 13 heavy (non-hydrogen) atoms. The molecule has 1 atom stereocenters. The van der Waals surface area contributed by atoms with Gasteiger partial charge < -0.3 is 4.74 Å². The van der Waals surface area contributed by atoms with Crippen LogP contribution < -0.4 is 0 Å². The first-order chi connectivity index (χ1) is 6.15. The highest BCUT2D eigenvalue weighted by atomic mass is 16.6. The highest BCUT2D eigenvalue weighted by molar-refractivity contribution is 5.74. The number of hydrogen-bond donors (Lipinski definition) is 0. The van der Waals surface area contributed by atoms with E-state index < -0.39 is 12.1 Å². The zero-order chi connectivity index (χ0) is 9.84. The Labute approximate surface area is 77.8 Å². The summed E-state index contributed by atoms with van der Waals surface area (Å²) in [7, 11) is 0. The molecule has 1 radical (unpaired) electrons. The number of nitrogens with zero attached hydrogens (tertiary/aromatic N) is 1. The molecule has 73 valence electrons. The van der Waals surface area contributed by atoms with Crippen molar-refractivity contribution in [2.45, 2.75) is 38.8 Å². The Morgan fingerprint density at radius 1 is 1.62 bits per heavy atom. The van der Waals surface area contributed by atoms with Crippen LogP contribution in [0.2, 0.25) is 0 Å². The lowest BCUT2D eigenvalue weighted by Crippen LogP contribution is -2.37. The summed E-state index contributed by atoms with van der Waals surface area (Å²) in [5, 5.41) is 0. The van der Waals surface area contributed by atoms with E-state index in [2.05, 4.69) is 0 Å². The second kappa shape index (κ2) is 4.25. The molecule has 1 amide bonds. The number of carbonyl (C=O) groups excluding carboxylic acids is 2. The fraction of sp³-hybridized carbons (Fsp3) is 0.778. The van der Waals surface area contributed by atoms with E-state index in [-0.39, 0.29) is 6.10 Å². The van der Waals surface area contributed by atoms with E-state index in [4.69, 9.17) is 4.74 Å². The maximum absolute atomic E-state index is 11.3. The van der Waals surface area contributed by atoms with Crippen molar-refractivity contribution in [2.75, 3.05) is 6.54 Å². The molecule has 4 nitrogen and oxygen atoms in total. The topological polar surface area (TPSA) is 46.6 Å². The van der Waals surface area contributed by atoms with Crippen LogP contribution in [0, 0.1) is 0 Å². The maximum Gasteiger partial charge on any atom is 0.410 e. The van der Waals surface area contributed by atoms with Crippen LogP contribution in [0.15, 0.2) is 0 Å². The molecule has 1 fully saturated rings. The first kappa shape index (κ1) is 10.0. The molecule has 0 saturated carbocycles. The minimum Gasteiger partial charge on any atom is -0.447 e. The van der Waals surface area contributed by atoms with Crippen molar-refractivity contribution in [1.82, 2.24) is 4.90 Å². The van der Waals surface area contributed by atoms with Gasteiger partial charge in [0.1, 0.15) is 6.04 Å². The monoisotopic (exact) mass is 184 g/mol. The molecule has 0 aromatic heterocycles. The average Bonchev–Trinajstić information content (AvgIpc) is 2.49. The van der Waals surface area contributed by atoms with Crippen molar-refractivity contribution < 1.29 is 14.3 Å². The van der Waals surface area contributed by atoms with E-state index in [1.54, 1.807) is 13.8 Å². The van der Waals surface area contributed by atoms with Gasteiger partial charge in [0.2, 0.25) is 6.29 Å². The Morgan fingerprint density at radius 2 is 2.31 bits per heavy atom. The van der Waals surface area contributed by atoms with Crippen molar-refractivity contribution >= 4 is 12.4 Å². The normalized spacial score (nSPS) is 22.1. The molecule has 1 aliphatic rings. The van der Waals surface area contributed by atoms with Crippen LogP contribution in [0.25, 0.3) is 0 Å². The third-order valence-electron chi connectivity index (χ3n) is 1.96. The Morgan fingerprint density at radius 3 is 2.85 bits per heavy atom. The number of amides is 1. The van der Waals surface area contributed by atoms with Crippen molar-refractivity contribution in [3.8, 4) is 0 Å². The molecule has 1 rings (SSSR count). The summed E-state index contributed by atoms with van der Waals surface area (Å²) in [6.45, 7) is 4.17. The predicted molar refractivity (Wildman–Crippen MR) is 47.0 cm³/mol.